The third-order valence-corrected chi connectivity index (χ3v) is 2.88. The molecule has 18 heavy (non-hydrogen) atoms. The summed E-state index contributed by atoms with van der Waals surface area (Å²) >= 11 is 4.89. The summed E-state index contributed by atoms with van der Waals surface area (Å²) in [6.45, 7) is 0.548. The fourth-order valence-corrected chi connectivity index (χ4v) is 1.64. The maximum absolute atomic E-state index is 11.4. The molecule has 0 saturated heterocycles. The van der Waals surface area contributed by atoms with Crippen molar-refractivity contribution in [2.24, 2.45) is 5.73 Å². The summed E-state index contributed by atoms with van der Waals surface area (Å²) in [4.78, 5) is 15.9. The van der Waals surface area contributed by atoms with Gasteiger partial charge in [0, 0.05) is 30.8 Å². The van der Waals surface area contributed by atoms with E-state index in [2.05, 4.69) is 15.6 Å². The van der Waals surface area contributed by atoms with Crippen LogP contribution in [0.5, 0.6) is 0 Å². The van der Waals surface area contributed by atoms with Gasteiger partial charge in [-0.15, -0.1) is 0 Å². The van der Waals surface area contributed by atoms with Gasteiger partial charge in [0.2, 0.25) is 5.91 Å². The number of carbonyl (C=O) groups is 1. The molecule has 1 aliphatic carbocycles. The number of hydrogen-bond acceptors (Lipinski definition) is 4. The number of anilines is 1. The maximum atomic E-state index is 11.4. The van der Waals surface area contributed by atoms with E-state index in [-0.39, 0.29) is 5.91 Å². The lowest BCUT2D eigenvalue weighted by molar-refractivity contribution is -0.120. The standard InChI is InChI=1S/C12H16N4OS/c13-12(18)8-3-5-14-10(7-8)15-6-4-11(17)16-9-1-2-9/h3,5,7,9H,1-2,4,6H2,(H2,13,18)(H,14,15)(H,16,17). The van der Waals surface area contributed by atoms with E-state index in [1.807, 2.05) is 0 Å². The molecule has 1 fully saturated rings. The molecule has 1 heterocycles. The van der Waals surface area contributed by atoms with Crippen LogP contribution in [0.4, 0.5) is 5.82 Å². The summed E-state index contributed by atoms with van der Waals surface area (Å²) in [5.74, 6) is 0.759. The Balaban J connectivity index is 1.76. The van der Waals surface area contributed by atoms with Gasteiger partial charge in [0.25, 0.3) is 0 Å². The average Bonchev–Trinajstić information content (AvgIpc) is 3.13. The van der Waals surface area contributed by atoms with E-state index < -0.39 is 0 Å². The van der Waals surface area contributed by atoms with Crippen molar-refractivity contribution >= 4 is 28.9 Å². The molecular weight excluding hydrogens is 248 g/mol. The summed E-state index contributed by atoms with van der Waals surface area (Å²) in [6, 6.07) is 3.95. The summed E-state index contributed by atoms with van der Waals surface area (Å²) in [5, 5.41) is 6.01. The Morgan fingerprint density at radius 2 is 2.33 bits per heavy atom. The van der Waals surface area contributed by atoms with Crippen molar-refractivity contribution in [3.8, 4) is 0 Å². The fraction of sp³-hybridized carbons (Fsp3) is 0.417. The monoisotopic (exact) mass is 264 g/mol. The summed E-state index contributed by atoms with van der Waals surface area (Å²) in [6.07, 6.45) is 4.30. The summed E-state index contributed by atoms with van der Waals surface area (Å²) in [7, 11) is 0. The molecule has 4 N–H and O–H groups in total. The number of hydrogen-bond donors (Lipinski definition) is 3. The van der Waals surface area contributed by atoms with Crippen LogP contribution in [-0.4, -0.2) is 28.5 Å². The Morgan fingerprint density at radius 3 is 3.00 bits per heavy atom. The number of rotatable bonds is 6. The Bertz CT molecular complexity index is 459. The lowest BCUT2D eigenvalue weighted by Crippen LogP contribution is -2.27. The van der Waals surface area contributed by atoms with Crippen molar-refractivity contribution in [1.29, 1.82) is 0 Å². The van der Waals surface area contributed by atoms with Gasteiger partial charge in [-0.1, -0.05) is 12.2 Å². The van der Waals surface area contributed by atoms with Gasteiger partial charge in [-0.05, 0) is 25.0 Å². The van der Waals surface area contributed by atoms with Crippen LogP contribution < -0.4 is 16.4 Å². The first-order valence-electron chi connectivity index (χ1n) is 5.94. The van der Waals surface area contributed by atoms with Crippen LogP contribution in [0.15, 0.2) is 18.3 Å². The number of aromatic nitrogens is 1. The predicted octanol–water partition coefficient (Wildman–Crippen LogP) is 0.796. The molecular formula is C12H16N4OS. The first-order valence-corrected chi connectivity index (χ1v) is 6.35. The van der Waals surface area contributed by atoms with E-state index in [4.69, 9.17) is 18.0 Å². The zero-order chi connectivity index (χ0) is 13.0. The molecule has 0 aliphatic heterocycles. The normalized spacial score (nSPS) is 14.0. The molecule has 1 saturated carbocycles. The zero-order valence-electron chi connectivity index (χ0n) is 9.98. The predicted molar refractivity (Wildman–Crippen MR) is 74.4 cm³/mol. The quantitative estimate of drug-likeness (QED) is 0.662. The zero-order valence-corrected chi connectivity index (χ0v) is 10.8. The number of nitrogens with one attached hydrogen (secondary N) is 2. The van der Waals surface area contributed by atoms with Gasteiger partial charge >= 0.3 is 0 Å². The van der Waals surface area contributed by atoms with Crippen LogP contribution in [0, 0.1) is 0 Å². The fourth-order valence-electron chi connectivity index (χ4n) is 1.51. The van der Waals surface area contributed by atoms with Gasteiger partial charge in [0.05, 0.1) is 0 Å². The van der Waals surface area contributed by atoms with Crippen LogP contribution in [0.2, 0.25) is 0 Å². The second-order valence-corrected chi connectivity index (χ2v) is 4.75. The Hall–Kier alpha value is -1.69. The maximum Gasteiger partial charge on any atom is 0.221 e. The van der Waals surface area contributed by atoms with Crippen LogP contribution in [0.25, 0.3) is 0 Å². The highest BCUT2D eigenvalue weighted by atomic mass is 32.1. The molecule has 1 aliphatic rings. The second kappa shape index (κ2) is 5.77. The van der Waals surface area contributed by atoms with Gasteiger partial charge in [-0.3, -0.25) is 4.79 Å². The number of pyridine rings is 1. The van der Waals surface area contributed by atoms with Crippen molar-refractivity contribution in [2.75, 3.05) is 11.9 Å². The molecule has 0 aromatic carbocycles. The molecule has 2 rings (SSSR count). The first kappa shape index (κ1) is 12.8. The van der Waals surface area contributed by atoms with Crippen LogP contribution in [0.3, 0.4) is 0 Å². The minimum atomic E-state index is 0.0792. The smallest absolute Gasteiger partial charge is 0.221 e. The minimum Gasteiger partial charge on any atom is -0.389 e. The van der Waals surface area contributed by atoms with E-state index in [1.165, 1.54) is 0 Å². The van der Waals surface area contributed by atoms with Gasteiger partial charge in [-0.2, -0.15) is 0 Å². The number of thiocarbonyl (C=S) groups is 1. The van der Waals surface area contributed by atoms with Crippen molar-refractivity contribution in [3.63, 3.8) is 0 Å². The van der Waals surface area contributed by atoms with Gasteiger partial charge < -0.3 is 16.4 Å². The van der Waals surface area contributed by atoms with Crippen LogP contribution >= 0.6 is 12.2 Å². The van der Waals surface area contributed by atoms with Crippen molar-refractivity contribution in [1.82, 2.24) is 10.3 Å². The average molecular weight is 264 g/mol. The molecule has 0 atom stereocenters. The Labute approximate surface area is 111 Å². The molecule has 96 valence electrons. The number of amides is 1. The molecule has 0 bridgehead atoms. The number of nitrogens with zero attached hydrogens (tertiary/aromatic N) is 1. The SMILES string of the molecule is NC(=S)c1ccnc(NCCC(=O)NC2CC2)c1. The number of nitrogens with two attached hydrogens (primary N) is 1. The highest BCUT2D eigenvalue weighted by Crippen LogP contribution is 2.18. The first-order chi connectivity index (χ1) is 8.65. The van der Waals surface area contributed by atoms with E-state index in [1.54, 1.807) is 18.3 Å². The highest BCUT2D eigenvalue weighted by Gasteiger charge is 2.22. The number of carbonyl (C=O) groups excluding carboxylic acids is 1. The largest absolute Gasteiger partial charge is 0.389 e. The molecule has 0 spiro atoms. The minimum absolute atomic E-state index is 0.0792. The Kier molecular flexibility index (Phi) is 4.09. The van der Waals surface area contributed by atoms with Crippen molar-refractivity contribution in [2.45, 2.75) is 25.3 Å². The second-order valence-electron chi connectivity index (χ2n) is 4.31. The molecule has 1 amide bonds. The summed E-state index contributed by atoms with van der Waals surface area (Å²) < 4.78 is 0. The lowest BCUT2D eigenvalue weighted by atomic mass is 10.2. The lowest BCUT2D eigenvalue weighted by Gasteiger charge is -2.07. The van der Waals surface area contributed by atoms with Gasteiger partial charge in [0.15, 0.2) is 0 Å². The molecule has 1 aromatic heterocycles. The molecule has 1 aromatic rings. The van der Waals surface area contributed by atoms with E-state index in [0.29, 0.717) is 29.8 Å². The third-order valence-electron chi connectivity index (χ3n) is 2.65. The molecule has 0 radical (unpaired) electrons. The summed E-state index contributed by atoms with van der Waals surface area (Å²) in [5.41, 5.74) is 6.30. The van der Waals surface area contributed by atoms with Crippen LogP contribution in [-0.2, 0) is 4.79 Å². The van der Waals surface area contributed by atoms with Crippen LogP contribution in [0.1, 0.15) is 24.8 Å². The van der Waals surface area contributed by atoms with E-state index in [0.717, 1.165) is 18.4 Å². The van der Waals surface area contributed by atoms with Gasteiger partial charge in [0.1, 0.15) is 10.8 Å². The van der Waals surface area contributed by atoms with E-state index in [9.17, 15) is 4.79 Å². The molecule has 5 nitrogen and oxygen atoms in total. The topological polar surface area (TPSA) is 80.0 Å². The van der Waals surface area contributed by atoms with Gasteiger partial charge in [-0.25, -0.2) is 4.98 Å². The highest BCUT2D eigenvalue weighted by molar-refractivity contribution is 7.80. The Morgan fingerprint density at radius 1 is 1.56 bits per heavy atom. The van der Waals surface area contributed by atoms with Crippen molar-refractivity contribution in [3.05, 3.63) is 23.9 Å². The van der Waals surface area contributed by atoms with E-state index >= 15 is 0 Å². The third kappa shape index (κ3) is 3.96. The molecule has 0 unspecified atom stereocenters. The van der Waals surface area contributed by atoms with Crippen molar-refractivity contribution < 1.29 is 4.79 Å². The molecule has 6 heteroatoms.